The Hall–Kier alpha value is -3.21. The van der Waals surface area contributed by atoms with Crippen LogP contribution in [0.3, 0.4) is 0 Å². The molecule has 2 aromatic carbocycles. The molecule has 3 rings (SSSR count). The number of nitrogens with zero attached hydrogens (tertiary/aromatic N) is 2. The van der Waals surface area contributed by atoms with Crippen molar-refractivity contribution in [1.82, 2.24) is 4.98 Å². The predicted octanol–water partition coefficient (Wildman–Crippen LogP) is 3.18. The van der Waals surface area contributed by atoms with Gasteiger partial charge >= 0.3 is 0 Å². The van der Waals surface area contributed by atoms with E-state index in [2.05, 4.69) is 11.1 Å². The van der Waals surface area contributed by atoms with E-state index in [1.165, 1.54) is 0 Å². The summed E-state index contributed by atoms with van der Waals surface area (Å²) in [6.07, 6.45) is 2.55. The molecule has 3 aromatic rings. The first kappa shape index (κ1) is 20.5. The second-order valence-electron chi connectivity index (χ2n) is 6.53. The first-order valence-corrected chi connectivity index (χ1v) is 10.7. The Bertz CT molecular complexity index is 1140. The molecule has 148 valence electrons. The molecule has 7 heteroatoms. The minimum Gasteiger partial charge on any atom is -0.493 e. The fourth-order valence-electron chi connectivity index (χ4n) is 3.09. The van der Waals surface area contributed by atoms with Gasteiger partial charge in [0, 0.05) is 35.9 Å². The highest BCUT2D eigenvalue weighted by Gasteiger charge is 2.18. The zero-order valence-electron chi connectivity index (χ0n) is 16.0. The topological polar surface area (TPSA) is 106 Å². The lowest BCUT2D eigenvalue weighted by Crippen LogP contribution is -2.14. The number of aromatic nitrogens is 1. The standard InChI is InChI=1S/C22H21N3O3S/c1-2-28-22-18(11-16-6-8-17(15-23)9-7-16)13-21(29(24,26)27)14-19(22)12-20-5-3-4-10-25-20/h3-10,13-14H,2,11-12H2,1H3,(H2,24,26,27). The number of pyridine rings is 1. The first-order chi connectivity index (χ1) is 13.9. The second-order valence-corrected chi connectivity index (χ2v) is 8.09. The van der Waals surface area contributed by atoms with Crippen molar-refractivity contribution in [3.63, 3.8) is 0 Å². The maximum atomic E-state index is 12.1. The molecule has 29 heavy (non-hydrogen) atoms. The van der Waals surface area contributed by atoms with E-state index in [0.29, 0.717) is 41.9 Å². The SMILES string of the molecule is CCOc1c(Cc2ccc(C#N)cc2)cc(S(N)(=O)=O)cc1Cc1ccccn1. The molecular weight excluding hydrogens is 386 g/mol. The van der Waals surface area contributed by atoms with E-state index in [1.807, 2.05) is 37.3 Å². The fraction of sp³-hybridized carbons (Fsp3) is 0.182. The number of nitrogens with two attached hydrogens (primary N) is 1. The molecule has 0 unspecified atom stereocenters. The third kappa shape index (κ3) is 5.19. The molecule has 0 amide bonds. The van der Waals surface area contributed by atoms with E-state index in [0.717, 1.165) is 11.3 Å². The Balaban J connectivity index is 2.10. The molecule has 0 radical (unpaired) electrons. The molecule has 0 bridgehead atoms. The molecular formula is C22H21N3O3S. The van der Waals surface area contributed by atoms with Crippen molar-refractivity contribution in [3.8, 4) is 11.8 Å². The van der Waals surface area contributed by atoms with Crippen LogP contribution in [0, 0.1) is 11.3 Å². The van der Waals surface area contributed by atoms with Gasteiger partial charge in [-0.05, 0) is 48.9 Å². The summed E-state index contributed by atoms with van der Waals surface area (Å²) in [5, 5.41) is 14.4. The molecule has 0 aliphatic heterocycles. The van der Waals surface area contributed by atoms with Gasteiger partial charge in [-0.2, -0.15) is 5.26 Å². The van der Waals surface area contributed by atoms with E-state index in [9.17, 15) is 8.42 Å². The molecule has 1 aromatic heterocycles. The highest BCUT2D eigenvalue weighted by atomic mass is 32.2. The van der Waals surface area contributed by atoms with Crippen LogP contribution in [0.25, 0.3) is 0 Å². The minimum absolute atomic E-state index is 0.0375. The van der Waals surface area contributed by atoms with E-state index >= 15 is 0 Å². The van der Waals surface area contributed by atoms with Crippen molar-refractivity contribution in [3.05, 3.63) is 88.7 Å². The van der Waals surface area contributed by atoms with E-state index in [4.69, 9.17) is 15.1 Å². The Morgan fingerprint density at radius 1 is 1.07 bits per heavy atom. The summed E-state index contributed by atoms with van der Waals surface area (Å²) in [6.45, 7) is 2.31. The summed E-state index contributed by atoms with van der Waals surface area (Å²) < 4.78 is 30.1. The third-order valence-corrected chi connectivity index (χ3v) is 5.30. The zero-order valence-corrected chi connectivity index (χ0v) is 16.8. The van der Waals surface area contributed by atoms with Gasteiger partial charge in [-0.15, -0.1) is 0 Å². The molecule has 2 N–H and O–H groups in total. The fourth-order valence-corrected chi connectivity index (χ4v) is 3.71. The molecule has 0 fully saturated rings. The Morgan fingerprint density at radius 2 is 1.76 bits per heavy atom. The summed E-state index contributed by atoms with van der Waals surface area (Å²) in [5.41, 5.74) is 3.72. The normalized spacial score (nSPS) is 11.1. The summed E-state index contributed by atoms with van der Waals surface area (Å²) >= 11 is 0. The molecule has 0 saturated heterocycles. The number of hydrogen-bond donors (Lipinski definition) is 1. The molecule has 0 atom stereocenters. The number of benzene rings is 2. The monoisotopic (exact) mass is 407 g/mol. The van der Waals surface area contributed by atoms with Crippen molar-refractivity contribution in [2.75, 3.05) is 6.61 Å². The van der Waals surface area contributed by atoms with E-state index in [1.54, 1.807) is 30.5 Å². The molecule has 0 saturated carbocycles. The number of hydrogen-bond acceptors (Lipinski definition) is 5. The lowest BCUT2D eigenvalue weighted by Gasteiger charge is -2.17. The summed E-state index contributed by atoms with van der Waals surface area (Å²) in [6, 6.07) is 17.9. The van der Waals surface area contributed by atoms with Crippen molar-refractivity contribution < 1.29 is 13.2 Å². The lowest BCUT2D eigenvalue weighted by atomic mass is 9.98. The molecule has 1 heterocycles. The first-order valence-electron chi connectivity index (χ1n) is 9.11. The maximum Gasteiger partial charge on any atom is 0.238 e. The second kappa shape index (κ2) is 8.86. The highest BCUT2D eigenvalue weighted by molar-refractivity contribution is 7.89. The molecule has 0 aliphatic rings. The maximum absolute atomic E-state index is 12.1. The van der Waals surface area contributed by atoms with Crippen LogP contribution in [0.5, 0.6) is 5.75 Å². The van der Waals surface area contributed by atoms with Crippen molar-refractivity contribution in [1.29, 1.82) is 5.26 Å². The number of sulfonamides is 1. The Labute approximate surface area is 170 Å². The van der Waals surface area contributed by atoms with Crippen LogP contribution >= 0.6 is 0 Å². The van der Waals surface area contributed by atoms with Crippen molar-refractivity contribution >= 4 is 10.0 Å². The van der Waals surface area contributed by atoms with Gasteiger partial charge in [-0.25, -0.2) is 13.6 Å². The van der Waals surface area contributed by atoms with Crippen LogP contribution in [-0.4, -0.2) is 20.0 Å². The smallest absolute Gasteiger partial charge is 0.238 e. The summed E-state index contributed by atoms with van der Waals surface area (Å²) in [5.74, 6) is 0.634. The van der Waals surface area contributed by atoms with Gasteiger partial charge in [-0.1, -0.05) is 18.2 Å². The van der Waals surface area contributed by atoms with Gasteiger partial charge in [-0.3, -0.25) is 4.98 Å². The number of rotatable bonds is 7. The van der Waals surface area contributed by atoms with Gasteiger partial charge in [0.2, 0.25) is 10.0 Å². The van der Waals surface area contributed by atoms with Crippen LogP contribution in [0.1, 0.15) is 34.9 Å². The van der Waals surface area contributed by atoms with Crippen molar-refractivity contribution in [2.45, 2.75) is 24.7 Å². The molecule has 6 nitrogen and oxygen atoms in total. The quantitative estimate of drug-likeness (QED) is 0.647. The Morgan fingerprint density at radius 3 is 2.31 bits per heavy atom. The van der Waals surface area contributed by atoms with Crippen LogP contribution in [0.4, 0.5) is 0 Å². The molecule has 0 aliphatic carbocycles. The van der Waals surface area contributed by atoms with Crippen molar-refractivity contribution in [2.24, 2.45) is 5.14 Å². The average molecular weight is 407 g/mol. The van der Waals surface area contributed by atoms with Crippen LogP contribution < -0.4 is 9.88 Å². The van der Waals surface area contributed by atoms with E-state index < -0.39 is 10.0 Å². The van der Waals surface area contributed by atoms with Gasteiger partial charge in [0.15, 0.2) is 0 Å². The van der Waals surface area contributed by atoms with Crippen LogP contribution in [0.2, 0.25) is 0 Å². The average Bonchev–Trinajstić information content (AvgIpc) is 2.71. The van der Waals surface area contributed by atoms with Gasteiger partial charge in [0.25, 0.3) is 0 Å². The van der Waals surface area contributed by atoms with Gasteiger partial charge < -0.3 is 4.74 Å². The minimum atomic E-state index is -3.89. The van der Waals surface area contributed by atoms with E-state index in [-0.39, 0.29) is 4.90 Å². The van der Waals surface area contributed by atoms with Crippen LogP contribution in [0.15, 0.2) is 65.7 Å². The summed E-state index contributed by atoms with van der Waals surface area (Å²) in [4.78, 5) is 4.37. The number of nitriles is 1. The lowest BCUT2D eigenvalue weighted by molar-refractivity contribution is 0.333. The largest absolute Gasteiger partial charge is 0.493 e. The number of ether oxygens (including phenoxy) is 1. The van der Waals surface area contributed by atoms with Gasteiger partial charge in [0.05, 0.1) is 23.1 Å². The third-order valence-electron chi connectivity index (χ3n) is 4.41. The van der Waals surface area contributed by atoms with Crippen LogP contribution in [-0.2, 0) is 22.9 Å². The predicted molar refractivity (Wildman–Crippen MR) is 110 cm³/mol. The number of primary sulfonamides is 1. The summed E-state index contributed by atoms with van der Waals surface area (Å²) in [7, 11) is -3.89. The highest BCUT2D eigenvalue weighted by Crippen LogP contribution is 2.31. The van der Waals surface area contributed by atoms with Gasteiger partial charge in [0.1, 0.15) is 5.75 Å². The Kier molecular flexibility index (Phi) is 6.27. The zero-order chi connectivity index (χ0) is 20.9. The molecule has 0 spiro atoms.